The lowest BCUT2D eigenvalue weighted by molar-refractivity contribution is -0.204. The third-order valence-electron chi connectivity index (χ3n) is 10.2. The summed E-state index contributed by atoms with van der Waals surface area (Å²) in [5, 5.41) is 34.6. The van der Waals surface area contributed by atoms with Crippen LogP contribution in [0.15, 0.2) is 23.8 Å². The smallest absolute Gasteiger partial charge is 0.306 e. The maximum absolute atomic E-state index is 14.5. The van der Waals surface area contributed by atoms with Crippen LogP contribution in [-0.4, -0.2) is 80.3 Å². The van der Waals surface area contributed by atoms with Gasteiger partial charge in [0.2, 0.25) is 11.7 Å². The average Bonchev–Trinajstić information content (AvgIpc) is 3.39. The number of hydrogen-bond donors (Lipinski definition) is 4. The largest absolute Gasteiger partial charge is 0.507 e. The minimum atomic E-state index is -2.85. The van der Waals surface area contributed by atoms with Crippen LogP contribution >= 0.6 is 15.9 Å². The van der Waals surface area contributed by atoms with Gasteiger partial charge >= 0.3 is 5.97 Å². The molecule has 1 amide bonds. The third-order valence-corrected chi connectivity index (χ3v) is 11.3. The number of amides is 1. The quantitative estimate of drug-likeness (QED) is 0.217. The maximum atomic E-state index is 14.5. The van der Waals surface area contributed by atoms with Crippen LogP contribution in [0.5, 0.6) is 5.75 Å². The van der Waals surface area contributed by atoms with E-state index >= 15 is 0 Å². The molecule has 0 heterocycles. The predicted octanol–water partition coefficient (Wildman–Crippen LogP) is 2.58. The fourth-order valence-electron chi connectivity index (χ4n) is 7.98. The SMILES string of the molecule is C[C@@H]1c2cccc(O)c2C(O)=C2C(=O)[C@@]3(O)C(=O)C(C(N)=O)C(Br)[C@H](N(C)C)[C@H]3[C@H](OC(=O)CC3CCCC3)[C@]21C. The highest BCUT2D eigenvalue weighted by atomic mass is 79.9. The Morgan fingerprint density at radius 1 is 1.17 bits per heavy atom. The van der Waals surface area contributed by atoms with Gasteiger partial charge in [-0.25, -0.2) is 0 Å². The minimum absolute atomic E-state index is 0.0103. The number of aliphatic hydroxyl groups excluding tert-OH is 1. The number of fused-ring (bicyclic) bond motifs is 3. The van der Waals surface area contributed by atoms with E-state index in [1.807, 2.05) is 0 Å². The summed E-state index contributed by atoms with van der Waals surface area (Å²) in [6.07, 6.45) is 2.69. The number of benzene rings is 1. The molecule has 5 rings (SSSR count). The number of primary amides is 1. The van der Waals surface area contributed by atoms with Crippen molar-refractivity contribution in [3.05, 3.63) is 34.9 Å². The highest BCUT2D eigenvalue weighted by Gasteiger charge is 2.74. The highest BCUT2D eigenvalue weighted by Crippen LogP contribution is 2.63. The van der Waals surface area contributed by atoms with Gasteiger partial charge in [0.05, 0.1) is 17.1 Å². The van der Waals surface area contributed by atoms with Crippen molar-refractivity contribution >= 4 is 45.1 Å². The molecule has 0 radical (unpaired) electrons. The van der Waals surface area contributed by atoms with E-state index in [1.165, 1.54) is 6.07 Å². The van der Waals surface area contributed by atoms with Crippen LogP contribution in [-0.2, 0) is 23.9 Å². The average molecular weight is 634 g/mol. The van der Waals surface area contributed by atoms with Gasteiger partial charge in [-0.1, -0.05) is 54.8 Å². The lowest BCUT2D eigenvalue weighted by Crippen LogP contribution is -2.78. The number of ether oxygens (including phenoxy) is 1. The number of hydrogen-bond acceptors (Lipinski definition) is 9. The number of esters is 1. The zero-order valence-corrected chi connectivity index (χ0v) is 25.2. The summed E-state index contributed by atoms with van der Waals surface area (Å²) in [7, 11) is 3.36. The summed E-state index contributed by atoms with van der Waals surface area (Å²) >= 11 is 3.48. The van der Waals surface area contributed by atoms with E-state index in [0.717, 1.165) is 25.7 Å². The van der Waals surface area contributed by atoms with Crippen LogP contribution in [0.1, 0.15) is 63.0 Å². The molecule has 8 atom stereocenters. The summed E-state index contributed by atoms with van der Waals surface area (Å²) in [6.45, 7) is 3.48. The molecule has 3 fully saturated rings. The number of rotatable bonds is 5. The number of Topliss-reactive ketones (excluding diaryl/α,β-unsaturated/α-hetero) is 2. The standard InChI is InChI=1S/C30H37BrN2O8/c1-13-15-10-7-11-16(34)18(15)24(36)21-26(38)30(40)20(23(33(3)4)22(31)19(25(30)37)28(32)39)27(29(13,21)2)41-17(35)12-14-8-5-6-9-14/h7,10-11,13-14,19-20,22-23,27,34,36,40H,5-6,8-9,12H2,1-4H3,(H2,32,39)/t13-,19?,20+,22?,23-,27+,29+,30+/m1/s1. The van der Waals surface area contributed by atoms with Gasteiger partial charge < -0.3 is 30.7 Å². The molecule has 4 aliphatic carbocycles. The number of aliphatic hydroxyl groups is 2. The first-order valence-electron chi connectivity index (χ1n) is 14.1. The second kappa shape index (κ2) is 10.2. The number of ketones is 2. The fraction of sp³-hybridized carbons (Fsp3) is 0.600. The van der Waals surface area contributed by atoms with Crippen LogP contribution in [0, 0.1) is 23.2 Å². The lowest BCUT2D eigenvalue weighted by atomic mass is 9.47. The van der Waals surface area contributed by atoms with E-state index in [2.05, 4.69) is 15.9 Å². The molecule has 1 aromatic carbocycles. The van der Waals surface area contributed by atoms with Crippen LogP contribution < -0.4 is 5.73 Å². The lowest BCUT2D eigenvalue weighted by Gasteiger charge is -2.60. The number of carbonyl (C=O) groups is 4. The Labute approximate surface area is 247 Å². The van der Waals surface area contributed by atoms with Gasteiger partial charge in [0, 0.05) is 22.7 Å². The van der Waals surface area contributed by atoms with E-state index in [9.17, 15) is 34.5 Å². The Morgan fingerprint density at radius 3 is 2.39 bits per heavy atom. The molecule has 3 saturated carbocycles. The van der Waals surface area contributed by atoms with Crippen molar-refractivity contribution in [1.82, 2.24) is 4.90 Å². The predicted molar refractivity (Wildman–Crippen MR) is 152 cm³/mol. The monoisotopic (exact) mass is 632 g/mol. The van der Waals surface area contributed by atoms with E-state index < -0.39 is 74.9 Å². The first-order valence-corrected chi connectivity index (χ1v) is 15.0. The van der Waals surface area contributed by atoms with Gasteiger partial charge in [0.1, 0.15) is 23.5 Å². The highest BCUT2D eigenvalue weighted by molar-refractivity contribution is 9.09. The van der Waals surface area contributed by atoms with E-state index in [1.54, 1.807) is 45.0 Å². The molecule has 0 spiro atoms. The number of alkyl halides is 1. The van der Waals surface area contributed by atoms with E-state index in [0.29, 0.717) is 5.56 Å². The molecule has 1 aromatic rings. The van der Waals surface area contributed by atoms with Crippen LogP contribution in [0.2, 0.25) is 0 Å². The third kappa shape index (κ3) is 4.10. The topological polar surface area (TPSA) is 167 Å². The minimum Gasteiger partial charge on any atom is -0.507 e. The van der Waals surface area contributed by atoms with Gasteiger partial charge in [-0.2, -0.15) is 0 Å². The zero-order valence-electron chi connectivity index (χ0n) is 23.6. The Balaban J connectivity index is 1.78. The van der Waals surface area contributed by atoms with Crippen molar-refractivity contribution in [3.8, 4) is 5.75 Å². The molecule has 0 aromatic heterocycles. The normalized spacial score (nSPS) is 37.0. The number of phenols is 1. The molecule has 5 N–H and O–H groups in total. The van der Waals surface area contributed by atoms with Gasteiger partial charge in [-0.3, -0.25) is 19.2 Å². The number of nitrogens with zero attached hydrogens (tertiary/aromatic N) is 1. The second-order valence-electron chi connectivity index (χ2n) is 12.5. The Kier molecular flexibility index (Phi) is 7.40. The van der Waals surface area contributed by atoms with Crippen LogP contribution in [0.4, 0.5) is 0 Å². The molecule has 0 bridgehead atoms. The Morgan fingerprint density at radius 2 is 1.80 bits per heavy atom. The first kappa shape index (κ1) is 29.7. The second-order valence-corrected chi connectivity index (χ2v) is 13.6. The summed E-state index contributed by atoms with van der Waals surface area (Å²) in [5.41, 5.74) is 1.58. The van der Waals surface area contributed by atoms with Gasteiger partial charge in [-0.15, -0.1) is 0 Å². The number of carbonyl (C=O) groups excluding carboxylic acids is 4. The molecular formula is C30H37BrN2O8. The van der Waals surface area contributed by atoms with Crippen molar-refractivity contribution in [1.29, 1.82) is 0 Å². The van der Waals surface area contributed by atoms with Crippen LogP contribution in [0.3, 0.4) is 0 Å². The Hall–Kier alpha value is -2.76. The number of phenolic OH excluding ortho intramolecular Hbond substituents is 1. The summed E-state index contributed by atoms with van der Waals surface area (Å²) in [6, 6.07) is 3.84. The van der Waals surface area contributed by atoms with Crippen molar-refractivity contribution in [3.63, 3.8) is 0 Å². The maximum Gasteiger partial charge on any atom is 0.306 e. The van der Waals surface area contributed by atoms with E-state index in [4.69, 9.17) is 10.5 Å². The van der Waals surface area contributed by atoms with Gasteiger partial charge in [0.25, 0.3) is 0 Å². The summed E-state index contributed by atoms with van der Waals surface area (Å²) in [5.74, 6) is -7.98. The number of aromatic hydroxyl groups is 1. The summed E-state index contributed by atoms with van der Waals surface area (Å²) in [4.78, 5) is 55.3. The van der Waals surface area contributed by atoms with Crippen molar-refractivity contribution < 1.29 is 39.2 Å². The van der Waals surface area contributed by atoms with E-state index in [-0.39, 0.29) is 29.2 Å². The number of nitrogens with two attached hydrogens (primary N) is 1. The molecule has 10 nitrogen and oxygen atoms in total. The molecular weight excluding hydrogens is 596 g/mol. The van der Waals surface area contributed by atoms with Crippen molar-refractivity contribution in [2.75, 3.05) is 14.1 Å². The fourth-order valence-corrected chi connectivity index (χ4v) is 9.28. The molecule has 0 aliphatic heterocycles. The zero-order chi connectivity index (χ0) is 30.2. The summed E-state index contributed by atoms with van der Waals surface area (Å²) < 4.78 is 6.27. The molecule has 41 heavy (non-hydrogen) atoms. The van der Waals surface area contributed by atoms with Gasteiger partial charge in [0.15, 0.2) is 11.4 Å². The molecule has 11 heteroatoms. The first-order chi connectivity index (χ1) is 19.2. The van der Waals surface area contributed by atoms with Crippen LogP contribution in [0.25, 0.3) is 5.76 Å². The molecule has 4 aliphatic rings. The van der Waals surface area contributed by atoms with Crippen molar-refractivity contribution in [2.24, 2.45) is 28.9 Å². The van der Waals surface area contributed by atoms with Gasteiger partial charge in [-0.05, 0) is 50.4 Å². The Bertz CT molecular complexity index is 1350. The van der Waals surface area contributed by atoms with Crippen molar-refractivity contribution in [2.45, 2.75) is 74.4 Å². The molecule has 0 saturated heterocycles. The molecule has 222 valence electrons. The molecule has 2 unspecified atom stereocenters. The number of halogens is 1.